The van der Waals surface area contributed by atoms with Gasteiger partial charge in [-0.1, -0.05) is 11.6 Å². The van der Waals surface area contributed by atoms with Crippen LogP contribution in [0.3, 0.4) is 0 Å². The molecule has 25 heavy (non-hydrogen) atoms. The monoisotopic (exact) mass is 435 g/mol. The predicted octanol–water partition coefficient (Wildman–Crippen LogP) is 1.65. The number of thiophene rings is 1. The van der Waals surface area contributed by atoms with Gasteiger partial charge in [-0.05, 0) is 12.1 Å². The van der Waals surface area contributed by atoms with Crippen LogP contribution in [0.1, 0.15) is 6.42 Å². The topological polar surface area (TPSA) is 69.7 Å². The molecule has 3 rings (SSSR count). The first kappa shape index (κ1) is 20.8. The van der Waals surface area contributed by atoms with Gasteiger partial charge in [0, 0.05) is 32.6 Å². The summed E-state index contributed by atoms with van der Waals surface area (Å²) in [6.07, 6.45) is -0.516. The molecule has 2 fully saturated rings. The molecule has 0 bridgehead atoms. The summed E-state index contributed by atoms with van der Waals surface area (Å²) < 4.78 is 53.2. The van der Waals surface area contributed by atoms with Crippen LogP contribution in [-0.4, -0.2) is 68.2 Å². The van der Waals surface area contributed by atoms with Gasteiger partial charge in [0.15, 0.2) is 0 Å². The van der Waals surface area contributed by atoms with Crippen molar-refractivity contribution in [1.29, 1.82) is 0 Å². The molecule has 6 nitrogen and oxygen atoms in total. The highest BCUT2D eigenvalue weighted by molar-refractivity contribution is 7.91. The van der Waals surface area contributed by atoms with Crippen LogP contribution in [0.25, 0.3) is 0 Å². The van der Waals surface area contributed by atoms with E-state index < -0.39 is 40.9 Å². The second kappa shape index (κ2) is 7.61. The Kier molecular flexibility index (Phi) is 6.33. The first-order chi connectivity index (χ1) is 11.2. The molecule has 1 aromatic rings. The summed E-state index contributed by atoms with van der Waals surface area (Å²) in [6, 6.07) is 2.06. The molecule has 2 aliphatic heterocycles. The molecule has 1 aromatic heterocycles. The van der Waals surface area contributed by atoms with Crippen LogP contribution in [0, 0.1) is 0 Å². The van der Waals surface area contributed by atoms with E-state index in [-0.39, 0.29) is 42.8 Å². The smallest absolute Gasteiger partial charge is 0.262 e. The number of nitrogens with zero attached hydrogens (tertiary/aromatic N) is 2. The fourth-order valence-corrected chi connectivity index (χ4v) is 5.88. The van der Waals surface area contributed by atoms with E-state index in [0.29, 0.717) is 4.34 Å². The van der Waals surface area contributed by atoms with E-state index in [1.165, 1.54) is 21.3 Å². The van der Waals surface area contributed by atoms with Crippen LogP contribution < -0.4 is 5.32 Å². The Hall–Kier alpha value is -0.520. The third kappa shape index (κ3) is 4.42. The first-order valence-corrected chi connectivity index (χ1v) is 9.98. The number of piperazine rings is 1. The van der Waals surface area contributed by atoms with Crippen molar-refractivity contribution in [3.8, 4) is 0 Å². The Bertz CT molecular complexity index is 737. The molecule has 0 aliphatic carbocycles. The molecule has 1 N–H and O–H groups in total. The highest BCUT2D eigenvalue weighted by Gasteiger charge is 2.44. The summed E-state index contributed by atoms with van der Waals surface area (Å²) in [7, 11) is -3.63. The summed E-state index contributed by atoms with van der Waals surface area (Å²) in [4.78, 5) is 13.7. The molecule has 142 valence electrons. The highest BCUT2D eigenvalue weighted by atomic mass is 35.5. The summed E-state index contributed by atoms with van der Waals surface area (Å²) in [6.45, 7) is 0.123. The molecule has 3 heterocycles. The van der Waals surface area contributed by atoms with E-state index in [9.17, 15) is 22.0 Å². The zero-order valence-corrected chi connectivity index (χ0v) is 16.2. The van der Waals surface area contributed by atoms with Crippen LogP contribution in [0.5, 0.6) is 0 Å². The number of halogens is 4. The Morgan fingerprint density at radius 1 is 1.28 bits per heavy atom. The number of rotatable bonds is 3. The fraction of sp³-hybridized carbons (Fsp3) is 0.615. The average Bonchev–Trinajstić information content (AvgIpc) is 3.12. The molecule has 1 unspecified atom stereocenters. The van der Waals surface area contributed by atoms with E-state index in [1.54, 1.807) is 0 Å². The van der Waals surface area contributed by atoms with E-state index in [0.717, 1.165) is 11.3 Å². The number of sulfonamides is 1. The number of hydrogen-bond acceptors (Lipinski definition) is 5. The van der Waals surface area contributed by atoms with Gasteiger partial charge in [0.2, 0.25) is 5.91 Å². The maximum atomic E-state index is 13.2. The second-order valence-electron chi connectivity index (χ2n) is 5.78. The minimum atomic E-state index is -3.63. The van der Waals surface area contributed by atoms with E-state index in [1.807, 2.05) is 0 Å². The fourth-order valence-electron chi connectivity index (χ4n) is 2.82. The van der Waals surface area contributed by atoms with E-state index >= 15 is 0 Å². The van der Waals surface area contributed by atoms with Crippen molar-refractivity contribution in [2.75, 3.05) is 32.7 Å². The third-order valence-corrected chi connectivity index (χ3v) is 7.70. The summed E-state index contributed by atoms with van der Waals surface area (Å²) >= 11 is 6.76. The average molecular weight is 436 g/mol. The quantitative estimate of drug-likeness (QED) is 0.783. The van der Waals surface area contributed by atoms with Gasteiger partial charge in [0.1, 0.15) is 4.21 Å². The van der Waals surface area contributed by atoms with Gasteiger partial charge < -0.3 is 4.90 Å². The Balaban J connectivity index is 0.00000225. The second-order valence-corrected chi connectivity index (χ2v) is 9.66. The van der Waals surface area contributed by atoms with Gasteiger partial charge >= 0.3 is 0 Å². The Morgan fingerprint density at radius 2 is 1.92 bits per heavy atom. The number of hydrogen-bond donors (Lipinski definition) is 1. The highest BCUT2D eigenvalue weighted by Crippen LogP contribution is 2.29. The maximum Gasteiger partial charge on any atom is 0.262 e. The molecule has 12 heteroatoms. The summed E-state index contributed by atoms with van der Waals surface area (Å²) in [5.74, 6) is -3.27. The first-order valence-electron chi connectivity index (χ1n) is 7.34. The normalized spacial score (nSPS) is 24.1. The van der Waals surface area contributed by atoms with Crippen molar-refractivity contribution in [3.63, 3.8) is 0 Å². The van der Waals surface area contributed by atoms with Gasteiger partial charge in [-0.3, -0.25) is 10.1 Å². The van der Waals surface area contributed by atoms with Crippen molar-refractivity contribution in [2.45, 2.75) is 22.6 Å². The van der Waals surface area contributed by atoms with Gasteiger partial charge in [-0.15, -0.1) is 23.7 Å². The predicted molar refractivity (Wildman–Crippen MR) is 93.3 cm³/mol. The van der Waals surface area contributed by atoms with Crippen LogP contribution in [0.2, 0.25) is 4.34 Å². The summed E-state index contributed by atoms with van der Waals surface area (Å²) in [5, 5.41) is 2.53. The van der Waals surface area contributed by atoms with Crippen molar-refractivity contribution >= 4 is 51.3 Å². The lowest BCUT2D eigenvalue weighted by Gasteiger charge is -2.34. The minimum Gasteiger partial charge on any atom is -0.339 e. The van der Waals surface area contributed by atoms with E-state index in [2.05, 4.69) is 5.32 Å². The molecular formula is C13H17Cl2F2N3O3S2. The molecule has 2 saturated heterocycles. The van der Waals surface area contributed by atoms with Gasteiger partial charge in [0.25, 0.3) is 15.9 Å². The van der Waals surface area contributed by atoms with Crippen molar-refractivity contribution in [3.05, 3.63) is 16.5 Å². The van der Waals surface area contributed by atoms with Crippen LogP contribution in [0.4, 0.5) is 8.78 Å². The lowest BCUT2D eigenvalue weighted by molar-refractivity contribution is -0.134. The molecule has 0 radical (unpaired) electrons. The lowest BCUT2D eigenvalue weighted by Crippen LogP contribution is -2.54. The lowest BCUT2D eigenvalue weighted by atomic mass is 10.1. The van der Waals surface area contributed by atoms with Gasteiger partial charge in [0.05, 0.1) is 16.9 Å². The number of nitrogens with one attached hydrogen (secondary N) is 1. The molecule has 2 aliphatic rings. The zero-order valence-electron chi connectivity index (χ0n) is 13.0. The third-order valence-electron chi connectivity index (χ3n) is 4.10. The number of alkyl halides is 2. The van der Waals surface area contributed by atoms with Gasteiger partial charge in [-0.25, -0.2) is 17.2 Å². The number of carbonyl (C=O) groups excluding carboxylic acids is 1. The number of carbonyl (C=O) groups is 1. The zero-order chi connectivity index (χ0) is 17.5. The molecule has 0 aromatic carbocycles. The van der Waals surface area contributed by atoms with Crippen LogP contribution >= 0.6 is 35.3 Å². The largest absolute Gasteiger partial charge is 0.339 e. The van der Waals surface area contributed by atoms with Crippen LogP contribution in [-0.2, 0) is 14.8 Å². The molecule has 1 amide bonds. The Morgan fingerprint density at radius 3 is 2.40 bits per heavy atom. The van der Waals surface area contributed by atoms with Gasteiger partial charge in [-0.2, -0.15) is 4.31 Å². The number of amides is 1. The summed E-state index contributed by atoms with van der Waals surface area (Å²) in [5.41, 5.74) is 0. The van der Waals surface area contributed by atoms with E-state index in [4.69, 9.17) is 11.6 Å². The standard InChI is InChI=1S/C13H16ClF2N3O3S2.ClH/c14-10-1-2-11(23-10)24(21,22)19-5-3-18(4-6-19)12(20)9-7-13(15,16)8-17-9;/h1-2,9,17H,3-8H2;1H. The maximum absolute atomic E-state index is 13.2. The molecular weight excluding hydrogens is 419 g/mol. The molecule has 0 spiro atoms. The van der Waals surface area contributed by atoms with Crippen molar-refractivity contribution in [2.24, 2.45) is 0 Å². The Labute approximate surface area is 159 Å². The van der Waals surface area contributed by atoms with Crippen LogP contribution in [0.15, 0.2) is 16.3 Å². The SMILES string of the molecule is Cl.O=C(C1CC(F)(F)CN1)N1CCN(S(=O)(=O)c2ccc(Cl)s2)CC1. The molecule has 1 atom stereocenters. The van der Waals surface area contributed by atoms with Crippen molar-refractivity contribution in [1.82, 2.24) is 14.5 Å². The van der Waals surface area contributed by atoms with Crippen molar-refractivity contribution < 1.29 is 22.0 Å². The molecule has 0 saturated carbocycles. The minimum absolute atomic E-state index is 0.